The topological polar surface area (TPSA) is 84.5 Å². The zero-order valence-corrected chi connectivity index (χ0v) is 13.5. The number of sulfone groups is 1. The van der Waals surface area contributed by atoms with Crippen molar-refractivity contribution in [3.8, 4) is 0 Å². The normalized spacial score (nSPS) is 34.8. The molecule has 1 saturated heterocycles. The highest BCUT2D eigenvalue weighted by Crippen LogP contribution is 2.49. The third-order valence-corrected chi connectivity index (χ3v) is 6.08. The van der Waals surface area contributed by atoms with Crippen molar-refractivity contribution in [3.63, 3.8) is 0 Å². The van der Waals surface area contributed by atoms with Crippen LogP contribution in [0.15, 0.2) is 30.3 Å². The SMILES string of the molecule is COC1CS(=O)(=O)CC1NC(=O)NC1CC1(F)c1ccccc1. The number of hydrogen-bond acceptors (Lipinski definition) is 4. The van der Waals surface area contributed by atoms with Gasteiger partial charge in [0.15, 0.2) is 15.5 Å². The molecular weight excluding hydrogens is 323 g/mol. The fourth-order valence-corrected chi connectivity index (χ4v) is 4.84. The zero-order chi connectivity index (χ0) is 16.7. The van der Waals surface area contributed by atoms with Crippen LogP contribution < -0.4 is 10.6 Å². The van der Waals surface area contributed by atoms with Gasteiger partial charge in [0.05, 0.1) is 29.7 Å². The smallest absolute Gasteiger partial charge is 0.315 e. The maximum absolute atomic E-state index is 14.7. The van der Waals surface area contributed by atoms with E-state index in [-0.39, 0.29) is 17.9 Å². The van der Waals surface area contributed by atoms with Crippen molar-refractivity contribution in [2.24, 2.45) is 0 Å². The van der Waals surface area contributed by atoms with Crippen LogP contribution in [0.25, 0.3) is 0 Å². The number of carbonyl (C=O) groups is 1. The molecule has 1 aromatic rings. The second kappa shape index (κ2) is 5.76. The average Bonchev–Trinajstić information content (AvgIpc) is 3.05. The van der Waals surface area contributed by atoms with E-state index in [0.29, 0.717) is 5.56 Å². The van der Waals surface area contributed by atoms with E-state index in [1.54, 1.807) is 30.3 Å². The number of ether oxygens (including phenoxy) is 1. The largest absolute Gasteiger partial charge is 0.378 e. The fraction of sp³-hybridized carbons (Fsp3) is 0.533. The number of urea groups is 1. The molecule has 3 rings (SSSR count). The van der Waals surface area contributed by atoms with Crippen molar-refractivity contribution in [1.82, 2.24) is 10.6 Å². The first-order chi connectivity index (χ1) is 10.8. The molecular formula is C15H19FN2O4S. The molecule has 1 saturated carbocycles. The molecule has 23 heavy (non-hydrogen) atoms. The van der Waals surface area contributed by atoms with Crippen LogP contribution in [0.1, 0.15) is 12.0 Å². The second-order valence-corrected chi connectivity index (χ2v) is 8.21. The number of benzene rings is 1. The van der Waals surface area contributed by atoms with Crippen molar-refractivity contribution < 1.29 is 22.3 Å². The summed E-state index contributed by atoms with van der Waals surface area (Å²) >= 11 is 0. The summed E-state index contributed by atoms with van der Waals surface area (Å²) in [7, 11) is -1.82. The van der Waals surface area contributed by atoms with E-state index in [1.165, 1.54) is 7.11 Å². The number of alkyl halides is 1. The number of carbonyl (C=O) groups excluding carboxylic acids is 1. The Kier molecular flexibility index (Phi) is 4.05. The highest BCUT2D eigenvalue weighted by molar-refractivity contribution is 7.91. The van der Waals surface area contributed by atoms with Crippen molar-refractivity contribution in [2.45, 2.75) is 30.3 Å². The van der Waals surface area contributed by atoms with Crippen molar-refractivity contribution in [3.05, 3.63) is 35.9 Å². The first kappa shape index (κ1) is 16.2. The Morgan fingerprint density at radius 3 is 2.61 bits per heavy atom. The van der Waals surface area contributed by atoms with Gasteiger partial charge in [-0.3, -0.25) is 0 Å². The van der Waals surface area contributed by atoms with Gasteiger partial charge in [0.2, 0.25) is 0 Å². The van der Waals surface area contributed by atoms with E-state index in [4.69, 9.17) is 4.74 Å². The van der Waals surface area contributed by atoms with E-state index in [0.717, 1.165) is 0 Å². The first-order valence-corrected chi connectivity index (χ1v) is 9.21. The summed E-state index contributed by atoms with van der Waals surface area (Å²) in [6.07, 6.45) is -0.365. The predicted molar refractivity (Wildman–Crippen MR) is 82.5 cm³/mol. The zero-order valence-electron chi connectivity index (χ0n) is 12.7. The van der Waals surface area contributed by atoms with Crippen LogP contribution in [-0.2, 0) is 20.2 Å². The lowest BCUT2D eigenvalue weighted by Crippen LogP contribution is -2.49. The Morgan fingerprint density at radius 1 is 1.26 bits per heavy atom. The summed E-state index contributed by atoms with van der Waals surface area (Å²) in [6, 6.07) is 6.87. The molecule has 8 heteroatoms. The highest BCUT2D eigenvalue weighted by atomic mass is 32.2. The van der Waals surface area contributed by atoms with Crippen molar-refractivity contribution in [1.29, 1.82) is 0 Å². The number of methoxy groups -OCH3 is 1. The van der Waals surface area contributed by atoms with Gasteiger partial charge in [0.25, 0.3) is 0 Å². The standard InChI is InChI=1S/C15H19FN2O4S/c1-22-12-9-23(20,21)8-11(12)17-14(19)18-13-7-15(13,16)10-5-3-2-4-6-10/h2-6,11-13H,7-9H2,1H3,(H2,17,18,19). The van der Waals surface area contributed by atoms with Crippen LogP contribution in [0, 0.1) is 0 Å². The molecule has 2 amide bonds. The minimum absolute atomic E-state index is 0.116. The van der Waals surface area contributed by atoms with Crippen molar-refractivity contribution >= 4 is 15.9 Å². The first-order valence-electron chi connectivity index (χ1n) is 7.39. The number of amides is 2. The van der Waals surface area contributed by atoms with Crippen molar-refractivity contribution in [2.75, 3.05) is 18.6 Å². The van der Waals surface area contributed by atoms with Crippen LogP contribution in [0.4, 0.5) is 9.18 Å². The maximum atomic E-state index is 14.7. The molecule has 2 fully saturated rings. The third-order valence-electron chi connectivity index (χ3n) is 4.37. The quantitative estimate of drug-likeness (QED) is 0.845. The highest BCUT2D eigenvalue weighted by Gasteiger charge is 2.57. The lowest BCUT2D eigenvalue weighted by Gasteiger charge is -2.18. The summed E-state index contributed by atoms with van der Waals surface area (Å²) in [5, 5.41) is 5.14. The van der Waals surface area contributed by atoms with Gasteiger partial charge in [0.1, 0.15) is 0 Å². The van der Waals surface area contributed by atoms with Crippen LogP contribution >= 0.6 is 0 Å². The molecule has 126 valence electrons. The van der Waals surface area contributed by atoms with Crippen LogP contribution in [0.2, 0.25) is 0 Å². The molecule has 0 radical (unpaired) electrons. The summed E-state index contributed by atoms with van der Waals surface area (Å²) in [5.41, 5.74) is -1.02. The Balaban J connectivity index is 1.57. The predicted octanol–water partition coefficient (Wildman–Crippen LogP) is 0.735. The van der Waals surface area contributed by atoms with Gasteiger partial charge in [-0.25, -0.2) is 17.6 Å². The van der Waals surface area contributed by atoms with E-state index in [1.807, 2.05) is 0 Å². The molecule has 4 atom stereocenters. The van der Waals surface area contributed by atoms with Gasteiger partial charge < -0.3 is 15.4 Å². The molecule has 0 aromatic heterocycles. The van der Waals surface area contributed by atoms with Gasteiger partial charge in [-0.05, 0) is 5.56 Å². The van der Waals surface area contributed by atoms with Gasteiger partial charge in [-0.15, -0.1) is 0 Å². The molecule has 1 aliphatic carbocycles. The van der Waals surface area contributed by atoms with Gasteiger partial charge >= 0.3 is 6.03 Å². The summed E-state index contributed by atoms with van der Waals surface area (Å²) in [6.45, 7) is 0. The number of nitrogens with one attached hydrogen (secondary N) is 2. The van der Waals surface area contributed by atoms with E-state index in [9.17, 15) is 17.6 Å². The minimum Gasteiger partial charge on any atom is -0.378 e. The molecule has 0 bridgehead atoms. The van der Waals surface area contributed by atoms with Gasteiger partial charge in [0, 0.05) is 13.5 Å². The maximum Gasteiger partial charge on any atom is 0.315 e. The number of halogens is 1. The fourth-order valence-electron chi connectivity index (χ4n) is 2.99. The Morgan fingerprint density at radius 2 is 1.96 bits per heavy atom. The Labute approximate surface area is 134 Å². The molecule has 1 aliphatic heterocycles. The van der Waals surface area contributed by atoms with Crippen LogP contribution in [-0.4, -0.2) is 51.3 Å². The lowest BCUT2D eigenvalue weighted by atomic mass is 10.1. The molecule has 4 unspecified atom stereocenters. The third kappa shape index (κ3) is 3.32. The molecule has 2 N–H and O–H groups in total. The van der Waals surface area contributed by atoms with Gasteiger partial charge in [-0.1, -0.05) is 30.3 Å². The lowest BCUT2D eigenvalue weighted by molar-refractivity contribution is 0.101. The van der Waals surface area contributed by atoms with E-state index < -0.39 is 39.7 Å². The molecule has 0 spiro atoms. The monoisotopic (exact) mass is 342 g/mol. The minimum atomic E-state index is -3.22. The van der Waals surface area contributed by atoms with Crippen LogP contribution in [0.5, 0.6) is 0 Å². The number of rotatable bonds is 4. The molecule has 6 nitrogen and oxygen atoms in total. The Bertz CT molecular complexity index is 697. The average molecular weight is 342 g/mol. The molecule has 1 heterocycles. The second-order valence-electron chi connectivity index (χ2n) is 6.06. The summed E-state index contributed by atoms with van der Waals surface area (Å²) in [5.74, 6) is -0.280. The van der Waals surface area contributed by atoms with E-state index >= 15 is 0 Å². The van der Waals surface area contributed by atoms with E-state index in [2.05, 4.69) is 10.6 Å². The number of hydrogen-bond donors (Lipinski definition) is 2. The molecule has 1 aromatic carbocycles. The van der Waals surface area contributed by atoms with Crippen LogP contribution in [0.3, 0.4) is 0 Å². The van der Waals surface area contributed by atoms with Gasteiger partial charge in [-0.2, -0.15) is 0 Å². The Hall–Kier alpha value is -1.67. The molecule has 2 aliphatic rings. The summed E-state index contributed by atoms with van der Waals surface area (Å²) in [4.78, 5) is 12.0. The summed E-state index contributed by atoms with van der Waals surface area (Å²) < 4.78 is 43.0.